The molecule has 0 saturated carbocycles. The highest BCUT2D eigenvalue weighted by Crippen LogP contribution is 2.14. The fourth-order valence-corrected chi connectivity index (χ4v) is 0.748. The normalized spacial score (nSPS) is 9.44. The van der Waals surface area contributed by atoms with Crippen LogP contribution < -0.4 is 0 Å². The van der Waals surface area contributed by atoms with Crippen LogP contribution in [0.2, 0.25) is 0 Å². The van der Waals surface area contributed by atoms with Crippen molar-refractivity contribution >= 4 is 0 Å². The van der Waals surface area contributed by atoms with E-state index in [4.69, 9.17) is 5.11 Å². The van der Waals surface area contributed by atoms with Crippen molar-refractivity contribution in [1.82, 2.24) is 0 Å². The lowest BCUT2D eigenvalue weighted by molar-refractivity contribution is 0.467. The van der Waals surface area contributed by atoms with Gasteiger partial charge in [-0.3, -0.25) is 0 Å². The molecule has 0 spiro atoms. The molecule has 0 aromatic heterocycles. The van der Waals surface area contributed by atoms with Gasteiger partial charge in [0.15, 0.2) is 0 Å². The van der Waals surface area contributed by atoms with Crippen molar-refractivity contribution in [2.24, 2.45) is 0 Å². The predicted octanol–water partition coefficient (Wildman–Crippen LogP) is 1.75. The highest BCUT2D eigenvalue weighted by Gasteiger charge is 1.93. The van der Waals surface area contributed by atoms with Crippen LogP contribution in [-0.4, -0.2) is 5.11 Å². The van der Waals surface area contributed by atoms with E-state index in [1.807, 2.05) is 19.1 Å². The van der Waals surface area contributed by atoms with E-state index >= 15 is 0 Å². The number of phenolic OH excluding ortho intramolecular Hbond substituents is 1. The van der Waals surface area contributed by atoms with Crippen molar-refractivity contribution in [2.75, 3.05) is 0 Å². The van der Waals surface area contributed by atoms with Gasteiger partial charge in [0.1, 0.15) is 5.75 Å². The third-order valence-electron chi connectivity index (χ3n) is 1.30. The highest BCUT2D eigenvalue weighted by atomic mass is 16.3. The molecule has 0 aliphatic heterocycles. The van der Waals surface area contributed by atoms with E-state index < -0.39 is 0 Å². The zero-order chi connectivity index (χ0) is 6.69. The van der Waals surface area contributed by atoms with Gasteiger partial charge in [0, 0.05) is 6.07 Å². The highest BCUT2D eigenvalue weighted by molar-refractivity contribution is 5.30. The van der Waals surface area contributed by atoms with Crippen molar-refractivity contribution in [3.8, 4) is 5.75 Å². The molecule has 0 aliphatic carbocycles. The molecule has 1 nitrogen and oxygen atoms in total. The molecule has 0 atom stereocenters. The smallest absolute Gasteiger partial charge is 0.126 e. The second-order valence-electron chi connectivity index (χ2n) is 1.90. The SMILES string of the molecule is CCc1ccc[c]c1O. The first-order valence-corrected chi connectivity index (χ1v) is 3.03. The fraction of sp³-hybridized carbons (Fsp3) is 0.250. The van der Waals surface area contributed by atoms with Gasteiger partial charge in [-0.15, -0.1) is 0 Å². The summed E-state index contributed by atoms with van der Waals surface area (Å²) in [4.78, 5) is 0. The number of hydrogen-bond donors (Lipinski definition) is 1. The maximum absolute atomic E-state index is 9.05. The molecule has 0 amide bonds. The van der Waals surface area contributed by atoms with Crippen molar-refractivity contribution in [1.29, 1.82) is 0 Å². The number of aryl methyl sites for hydroxylation is 1. The van der Waals surface area contributed by atoms with Crippen molar-refractivity contribution in [3.05, 3.63) is 29.8 Å². The molecular formula is C8H9O. The van der Waals surface area contributed by atoms with Gasteiger partial charge in [-0.2, -0.15) is 0 Å². The average Bonchev–Trinajstić information content (AvgIpc) is 1.89. The Morgan fingerprint density at radius 2 is 2.44 bits per heavy atom. The van der Waals surface area contributed by atoms with Crippen LogP contribution >= 0.6 is 0 Å². The first kappa shape index (κ1) is 6.14. The third kappa shape index (κ3) is 1.22. The zero-order valence-electron chi connectivity index (χ0n) is 5.39. The van der Waals surface area contributed by atoms with Gasteiger partial charge in [0.25, 0.3) is 0 Å². The number of rotatable bonds is 1. The van der Waals surface area contributed by atoms with Crippen LogP contribution in [0.5, 0.6) is 5.75 Å². The Labute approximate surface area is 55.0 Å². The first-order chi connectivity index (χ1) is 4.34. The monoisotopic (exact) mass is 121 g/mol. The van der Waals surface area contributed by atoms with Gasteiger partial charge in [0.2, 0.25) is 0 Å². The van der Waals surface area contributed by atoms with Gasteiger partial charge < -0.3 is 5.11 Å². The first-order valence-electron chi connectivity index (χ1n) is 3.03. The van der Waals surface area contributed by atoms with Crippen LogP contribution in [0.3, 0.4) is 0 Å². The summed E-state index contributed by atoms with van der Waals surface area (Å²) in [7, 11) is 0. The summed E-state index contributed by atoms with van der Waals surface area (Å²) < 4.78 is 0. The molecule has 1 N–H and O–H groups in total. The summed E-state index contributed by atoms with van der Waals surface area (Å²) in [6.45, 7) is 2.00. The van der Waals surface area contributed by atoms with E-state index in [1.54, 1.807) is 6.07 Å². The van der Waals surface area contributed by atoms with Crippen molar-refractivity contribution in [2.45, 2.75) is 13.3 Å². The molecule has 0 unspecified atom stereocenters. The van der Waals surface area contributed by atoms with E-state index in [0.29, 0.717) is 0 Å². The van der Waals surface area contributed by atoms with E-state index in [0.717, 1.165) is 12.0 Å². The molecule has 1 radical (unpaired) electrons. The Hall–Kier alpha value is -0.980. The number of benzene rings is 1. The molecule has 1 heteroatoms. The summed E-state index contributed by atoms with van der Waals surface area (Å²) in [5, 5.41) is 9.05. The Morgan fingerprint density at radius 3 is 2.89 bits per heavy atom. The van der Waals surface area contributed by atoms with Gasteiger partial charge in [-0.05, 0) is 12.0 Å². The molecular weight excluding hydrogens is 112 g/mol. The third-order valence-corrected chi connectivity index (χ3v) is 1.30. The largest absolute Gasteiger partial charge is 0.507 e. The van der Waals surface area contributed by atoms with Crippen LogP contribution in [0.4, 0.5) is 0 Å². The van der Waals surface area contributed by atoms with E-state index in [-0.39, 0.29) is 5.75 Å². The Kier molecular flexibility index (Phi) is 1.73. The van der Waals surface area contributed by atoms with Gasteiger partial charge in [-0.25, -0.2) is 0 Å². The maximum Gasteiger partial charge on any atom is 0.126 e. The molecule has 0 aliphatic rings. The summed E-state index contributed by atoms with van der Waals surface area (Å²) in [6.07, 6.45) is 0.864. The van der Waals surface area contributed by atoms with E-state index in [9.17, 15) is 0 Å². The zero-order valence-corrected chi connectivity index (χ0v) is 5.39. The second-order valence-corrected chi connectivity index (χ2v) is 1.90. The maximum atomic E-state index is 9.05. The molecule has 0 saturated heterocycles. The predicted molar refractivity (Wildman–Crippen MR) is 36.3 cm³/mol. The quantitative estimate of drug-likeness (QED) is 0.600. The van der Waals surface area contributed by atoms with Crippen LogP contribution in [0.15, 0.2) is 18.2 Å². The molecule has 0 bridgehead atoms. The molecule has 0 fully saturated rings. The summed E-state index contributed by atoms with van der Waals surface area (Å²) >= 11 is 0. The van der Waals surface area contributed by atoms with Gasteiger partial charge in [-0.1, -0.05) is 25.1 Å². The lowest BCUT2D eigenvalue weighted by Gasteiger charge is -1.96. The molecule has 0 heterocycles. The van der Waals surface area contributed by atoms with Gasteiger partial charge >= 0.3 is 0 Å². The summed E-state index contributed by atoms with van der Waals surface area (Å²) in [5.41, 5.74) is 0.956. The minimum atomic E-state index is 0.278. The molecule has 1 rings (SSSR count). The van der Waals surface area contributed by atoms with Crippen LogP contribution in [0.1, 0.15) is 12.5 Å². The lowest BCUT2D eigenvalue weighted by atomic mass is 10.1. The average molecular weight is 121 g/mol. The Morgan fingerprint density at radius 1 is 1.67 bits per heavy atom. The molecule has 1 aromatic carbocycles. The van der Waals surface area contributed by atoms with E-state index in [1.165, 1.54) is 0 Å². The summed E-state index contributed by atoms with van der Waals surface area (Å²) in [6, 6.07) is 8.18. The number of para-hydroxylation sites is 1. The number of hydrogen-bond acceptors (Lipinski definition) is 1. The fourth-order valence-electron chi connectivity index (χ4n) is 0.748. The standard InChI is InChI=1S/C8H9O/c1-2-7-5-3-4-6-8(7)9/h3-5,9H,2H2,1H3. The van der Waals surface area contributed by atoms with Crippen molar-refractivity contribution < 1.29 is 5.11 Å². The van der Waals surface area contributed by atoms with E-state index in [2.05, 4.69) is 6.07 Å². The molecule has 47 valence electrons. The number of aromatic hydroxyl groups is 1. The Bertz CT molecular complexity index is 194. The second kappa shape index (κ2) is 2.53. The lowest BCUT2D eigenvalue weighted by Crippen LogP contribution is -1.78. The summed E-state index contributed by atoms with van der Waals surface area (Å²) in [5.74, 6) is 0.278. The van der Waals surface area contributed by atoms with Crippen LogP contribution in [0.25, 0.3) is 0 Å². The van der Waals surface area contributed by atoms with Crippen molar-refractivity contribution in [3.63, 3.8) is 0 Å². The Balaban J connectivity index is 3.01. The molecule has 9 heavy (non-hydrogen) atoms. The minimum Gasteiger partial charge on any atom is -0.507 e. The number of phenols is 1. The minimum absolute atomic E-state index is 0.278. The molecule has 1 aromatic rings. The van der Waals surface area contributed by atoms with Crippen LogP contribution in [0, 0.1) is 6.07 Å². The topological polar surface area (TPSA) is 20.2 Å². The van der Waals surface area contributed by atoms with Gasteiger partial charge in [0.05, 0.1) is 0 Å². The van der Waals surface area contributed by atoms with Crippen LogP contribution in [-0.2, 0) is 6.42 Å².